The fourth-order valence-corrected chi connectivity index (χ4v) is 2.77. The Morgan fingerprint density at radius 1 is 1.17 bits per heavy atom. The molecule has 1 heterocycles. The number of pyridine rings is 1. The molecule has 0 spiro atoms. The molecule has 0 unspecified atom stereocenters. The summed E-state index contributed by atoms with van der Waals surface area (Å²) < 4.78 is 1.07. The molecule has 0 aliphatic carbocycles. The summed E-state index contributed by atoms with van der Waals surface area (Å²) in [6.45, 7) is 1.57. The predicted octanol–water partition coefficient (Wildman–Crippen LogP) is 3.45. The van der Waals surface area contributed by atoms with E-state index in [9.17, 15) is 0 Å². The van der Waals surface area contributed by atoms with Gasteiger partial charge in [0.15, 0.2) is 5.96 Å². The molecule has 1 aromatic heterocycles. The summed E-state index contributed by atoms with van der Waals surface area (Å²) in [6.07, 6.45) is 3.54. The first-order valence-electron chi connectivity index (χ1n) is 7.47. The van der Waals surface area contributed by atoms with Crippen LogP contribution in [-0.2, 0) is 12.8 Å². The fraction of sp³-hybridized carbons (Fsp3) is 0.294. The largest absolute Gasteiger partial charge is 0.356 e. The zero-order chi connectivity index (χ0) is 16.5. The lowest BCUT2D eigenvalue weighted by atomic mass is 10.1. The number of aromatic nitrogens is 1. The van der Waals surface area contributed by atoms with Gasteiger partial charge in [-0.3, -0.25) is 9.98 Å². The van der Waals surface area contributed by atoms with Crippen LogP contribution in [0.2, 0.25) is 5.02 Å². The van der Waals surface area contributed by atoms with E-state index in [4.69, 9.17) is 11.6 Å². The molecule has 6 heteroatoms. The summed E-state index contributed by atoms with van der Waals surface area (Å²) in [6, 6.07) is 11.8. The van der Waals surface area contributed by atoms with Gasteiger partial charge >= 0.3 is 0 Å². The predicted molar refractivity (Wildman–Crippen MR) is 100 cm³/mol. The van der Waals surface area contributed by atoms with Crippen molar-refractivity contribution in [3.8, 4) is 0 Å². The van der Waals surface area contributed by atoms with Crippen LogP contribution < -0.4 is 10.6 Å². The minimum absolute atomic E-state index is 0.751. The molecule has 0 aliphatic rings. The molecule has 0 amide bonds. The maximum absolute atomic E-state index is 6.03. The normalized spacial score (nSPS) is 11.3. The van der Waals surface area contributed by atoms with E-state index in [1.54, 1.807) is 7.05 Å². The van der Waals surface area contributed by atoms with E-state index >= 15 is 0 Å². The van der Waals surface area contributed by atoms with E-state index in [-0.39, 0.29) is 0 Å². The second kappa shape index (κ2) is 9.53. The second-order valence-corrected chi connectivity index (χ2v) is 6.27. The number of hydrogen-bond acceptors (Lipinski definition) is 2. The summed E-state index contributed by atoms with van der Waals surface area (Å²) in [5.74, 6) is 0.791. The zero-order valence-corrected chi connectivity index (χ0v) is 15.4. The van der Waals surface area contributed by atoms with Crippen LogP contribution in [0.25, 0.3) is 0 Å². The standard InChI is InChI=1S/C17H20BrClN4/c1-20-17(23-11-8-15-4-2-3-9-21-15)22-10-7-13-12-14(19)5-6-16(13)18/h2-6,9,12H,7-8,10-11H2,1H3,(H2,20,22,23). The van der Waals surface area contributed by atoms with Crippen LogP contribution in [0, 0.1) is 0 Å². The van der Waals surface area contributed by atoms with Crippen molar-refractivity contribution in [3.63, 3.8) is 0 Å². The molecule has 23 heavy (non-hydrogen) atoms. The third-order valence-corrected chi connectivity index (χ3v) is 4.33. The van der Waals surface area contributed by atoms with E-state index in [1.807, 2.05) is 42.6 Å². The van der Waals surface area contributed by atoms with Gasteiger partial charge in [0.05, 0.1) is 0 Å². The summed E-state index contributed by atoms with van der Waals surface area (Å²) >= 11 is 9.57. The SMILES string of the molecule is CN=C(NCCc1ccccn1)NCCc1cc(Cl)ccc1Br. The molecule has 0 saturated heterocycles. The first-order chi connectivity index (χ1) is 11.2. The average Bonchev–Trinajstić information content (AvgIpc) is 2.57. The van der Waals surface area contributed by atoms with Gasteiger partial charge < -0.3 is 10.6 Å². The van der Waals surface area contributed by atoms with Crippen molar-refractivity contribution in [2.75, 3.05) is 20.1 Å². The lowest BCUT2D eigenvalue weighted by Crippen LogP contribution is -2.39. The number of rotatable bonds is 6. The molecule has 1 aromatic carbocycles. The van der Waals surface area contributed by atoms with Gasteiger partial charge in [-0.2, -0.15) is 0 Å². The van der Waals surface area contributed by atoms with Crippen molar-refractivity contribution in [2.45, 2.75) is 12.8 Å². The van der Waals surface area contributed by atoms with Crippen molar-refractivity contribution in [3.05, 3.63) is 63.3 Å². The Morgan fingerprint density at radius 2 is 1.96 bits per heavy atom. The summed E-state index contributed by atoms with van der Waals surface area (Å²) in [5.41, 5.74) is 2.24. The van der Waals surface area contributed by atoms with Crippen LogP contribution in [0.3, 0.4) is 0 Å². The Balaban J connectivity index is 1.74. The Kier molecular flexibility index (Phi) is 7.36. The van der Waals surface area contributed by atoms with Crippen molar-refractivity contribution in [2.24, 2.45) is 4.99 Å². The minimum atomic E-state index is 0.751. The van der Waals surface area contributed by atoms with Crippen LogP contribution >= 0.6 is 27.5 Å². The summed E-state index contributed by atoms with van der Waals surface area (Å²) in [5, 5.41) is 7.35. The van der Waals surface area contributed by atoms with Gasteiger partial charge in [0.25, 0.3) is 0 Å². The van der Waals surface area contributed by atoms with Crippen molar-refractivity contribution >= 4 is 33.5 Å². The first-order valence-corrected chi connectivity index (χ1v) is 8.64. The topological polar surface area (TPSA) is 49.3 Å². The van der Waals surface area contributed by atoms with E-state index < -0.39 is 0 Å². The number of nitrogens with zero attached hydrogens (tertiary/aromatic N) is 2. The van der Waals surface area contributed by atoms with Crippen molar-refractivity contribution in [1.82, 2.24) is 15.6 Å². The molecular weight excluding hydrogens is 376 g/mol. The molecule has 0 fully saturated rings. The number of aliphatic imine (C=N–C) groups is 1. The van der Waals surface area contributed by atoms with E-state index in [2.05, 4.69) is 36.5 Å². The number of nitrogens with one attached hydrogen (secondary N) is 2. The van der Waals surface area contributed by atoms with Crippen LogP contribution in [0.1, 0.15) is 11.3 Å². The fourth-order valence-electron chi connectivity index (χ4n) is 2.13. The smallest absolute Gasteiger partial charge is 0.190 e. The molecular formula is C17H20BrClN4. The third-order valence-electron chi connectivity index (χ3n) is 3.32. The molecule has 0 bridgehead atoms. The lowest BCUT2D eigenvalue weighted by Gasteiger charge is -2.12. The molecule has 0 aliphatic heterocycles. The molecule has 0 saturated carbocycles. The van der Waals surface area contributed by atoms with Gasteiger partial charge in [-0.1, -0.05) is 33.6 Å². The van der Waals surface area contributed by atoms with E-state index in [1.165, 1.54) is 5.56 Å². The summed E-state index contributed by atoms with van der Waals surface area (Å²) in [4.78, 5) is 8.53. The Labute approximate surface area is 150 Å². The van der Waals surface area contributed by atoms with Gasteiger partial charge in [0.1, 0.15) is 0 Å². The van der Waals surface area contributed by atoms with Gasteiger partial charge in [-0.05, 0) is 42.3 Å². The van der Waals surface area contributed by atoms with Gasteiger partial charge in [0.2, 0.25) is 0 Å². The maximum atomic E-state index is 6.03. The molecule has 2 aromatic rings. The minimum Gasteiger partial charge on any atom is -0.356 e. The van der Waals surface area contributed by atoms with Gasteiger partial charge in [-0.15, -0.1) is 0 Å². The van der Waals surface area contributed by atoms with Crippen LogP contribution in [0.4, 0.5) is 0 Å². The number of guanidine groups is 1. The average molecular weight is 396 g/mol. The second-order valence-electron chi connectivity index (χ2n) is 4.98. The molecule has 2 N–H and O–H groups in total. The Bertz CT molecular complexity index is 646. The van der Waals surface area contributed by atoms with Crippen molar-refractivity contribution < 1.29 is 0 Å². The molecule has 0 atom stereocenters. The molecule has 4 nitrogen and oxygen atoms in total. The van der Waals surface area contributed by atoms with Crippen LogP contribution in [0.15, 0.2) is 52.1 Å². The maximum Gasteiger partial charge on any atom is 0.190 e. The Hall–Kier alpha value is -1.59. The lowest BCUT2D eigenvalue weighted by molar-refractivity contribution is 0.775. The van der Waals surface area contributed by atoms with Crippen LogP contribution in [0.5, 0.6) is 0 Å². The highest BCUT2D eigenvalue weighted by molar-refractivity contribution is 9.10. The number of halogens is 2. The van der Waals surface area contributed by atoms with E-state index in [0.29, 0.717) is 0 Å². The van der Waals surface area contributed by atoms with Crippen molar-refractivity contribution in [1.29, 1.82) is 0 Å². The molecule has 0 radical (unpaired) electrons. The number of benzene rings is 1. The molecule has 2 rings (SSSR count). The third kappa shape index (κ3) is 6.20. The highest BCUT2D eigenvalue weighted by Gasteiger charge is 2.02. The van der Waals surface area contributed by atoms with Gasteiger partial charge in [0, 0.05) is 47.9 Å². The first kappa shape index (κ1) is 17.8. The Morgan fingerprint density at radius 3 is 2.65 bits per heavy atom. The summed E-state index contributed by atoms with van der Waals surface area (Å²) in [7, 11) is 1.77. The highest BCUT2D eigenvalue weighted by atomic mass is 79.9. The number of hydrogen-bond donors (Lipinski definition) is 2. The van der Waals surface area contributed by atoms with Gasteiger partial charge in [-0.25, -0.2) is 0 Å². The zero-order valence-electron chi connectivity index (χ0n) is 13.0. The quantitative estimate of drug-likeness (QED) is 0.582. The monoisotopic (exact) mass is 394 g/mol. The van der Waals surface area contributed by atoms with Crippen LogP contribution in [-0.4, -0.2) is 31.1 Å². The molecule has 122 valence electrons. The highest BCUT2D eigenvalue weighted by Crippen LogP contribution is 2.21. The van der Waals surface area contributed by atoms with E-state index in [0.717, 1.165) is 47.1 Å².